The van der Waals surface area contributed by atoms with Crippen LogP contribution in [-0.2, 0) is 27.4 Å². The molecule has 1 unspecified atom stereocenters. The molecule has 1 aromatic carbocycles. The Morgan fingerprint density at radius 1 is 1.05 bits per heavy atom. The summed E-state index contributed by atoms with van der Waals surface area (Å²) in [5.41, 5.74) is 2.50. The zero-order valence-electron chi connectivity index (χ0n) is 20.6. The highest BCUT2D eigenvalue weighted by Gasteiger charge is 2.43. The van der Waals surface area contributed by atoms with E-state index in [4.69, 9.17) is 16.3 Å². The molecule has 196 valence electrons. The summed E-state index contributed by atoms with van der Waals surface area (Å²) >= 11 is 6.65. The van der Waals surface area contributed by atoms with E-state index < -0.39 is 23.8 Å². The zero-order valence-corrected chi connectivity index (χ0v) is 21.4. The molecule has 2 fully saturated rings. The van der Waals surface area contributed by atoms with Crippen molar-refractivity contribution in [2.45, 2.75) is 57.6 Å². The maximum atomic E-state index is 14.0. The van der Waals surface area contributed by atoms with Crippen molar-refractivity contribution in [2.24, 2.45) is 11.8 Å². The van der Waals surface area contributed by atoms with E-state index in [-0.39, 0.29) is 18.4 Å². The van der Waals surface area contributed by atoms with Crippen LogP contribution in [0.25, 0.3) is 0 Å². The van der Waals surface area contributed by atoms with E-state index >= 15 is 0 Å². The van der Waals surface area contributed by atoms with Crippen molar-refractivity contribution in [3.05, 3.63) is 52.6 Å². The number of amides is 2. The van der Waals surface area contributed by atoms with Gasteiger partial charge in [-0.2, -0.15) is 0 Å². The van der Waals surface area contributed by atoms with Gasteiger partial charge in [0, 0.05) is 54.6 Å². The fourth-order valence-corrected chi connectivity index (χ4v) is 6.23. The van der Waals surface area contributed by atoms with Crippen LogP contribution in [0.3, 0.4) is 0 Å². The smallest absolute Gasteiger partial charge is 0.307 e. The Hall–Kier alpha value is -3.20. The molecule has 0 radical (unpaired) electrons. The van der Waals surface area contributed by atoms with E-state index in [1.807, 2.05) is 0 Å². The van der Waals surface area contributed by atoms with Crippen molar-refractivity contribution in [3.63, 3.8) is 0 Å². The molecule has 1 saturated heterocycles. The van der Waals surface area contributed by atoms with Crippen molar-refractivity contribution in [2.75, 3.05) is 19.6 Å². The Morgan fingerprint density at radius 3 is 2.51 bits per heavy atom. The van der Waals surface area contributed by atoms with Gasteiger partial charge in [0.25, 0.3) is 0 Å². The molecule has 9 nitrogen and oxygen atoms in total. The number of hydrogen-bond acceptors (Lipinski definition) is 6. The minimum absolute atomic E-state index is 0.0616. The molecule has 2 amide bonds. The van der Waals surface area contributed by atoms with Crippen LogP contribution in [0.4, 0.5) is 0 Å². The summed E-state index contributed by atoms with van der Waals surface area (Å²) in [6, 6.07) is 3.13. The lowest BCUT2D eigenvalue weighted by molar-refractivity contribution is -0.154. The molecule has 0 bridgehead atoms. The Balaban J connectivity index is 1.51. The van der Waals surface area contributed by atoms with Gasteiger partial charge < -0.3 is 19.6 Å². The summed E-state index contributed by atoms with van der Waals surface area (Å²) in [6.45, 7) is 1.61. The van der Waals surface area contributed by atoms with Crippen LogP contribution in [0.15, 0.2) is 30.9 Å². The molecule has 2 aliphatic heterocycles. The SMILES string of the molecule is O=C(O)[C@H]1CCCC[C@H]1C(=O)N1CCc2c(Cl)ccc(OCc3cncnc3)c2C1CN1CCCC1=O. The number of carbonyl (C=O) groups excluding carboxylic acids is 2. The van der Waals surface area contributed by atoms with E-state index in [9.17, 15) is 19.5 Å². The molecular formula is C27H31ClN4O5. The number of benzene rings is 1. The fourth-order valence-electron chi connectivity index (χ4n) is 5.97. The lowest BCUT2D eigenvalue weighted by atomic mass is 9.77. The van der Waals surface area contributed by atoms with Gasteiger partial charge in [0.05, 0.1) is 17.9 Å². The first-order valence-electron chi connectivity index (χ1n) is 12.9. The largest absolute Gasteiger partial charge is 0.488 e. The van der Waals surface area contributed by atoms with Crippen molar-refractivity contribution >= 4 is 29.4 Å². The molecule has 1 aromatic heterocycles. The third kappa shape index (κ3) is 5.28. The van der Waals surface area contributed by atoms with Crippen molar-refractivity contribution in [1.82, 2.24) is 19.8 Å². The molecule has 10 heteroatoms. The zero-order chi connectivity index (χ0) is 25.9. The number of carboxylic acid groups (broad SMARTS) is 1. The van der Waals surface area contributed by atoms with Gasteiger partial charge >= 0.3 is 5.97 Å². The number of aromatic nitrogens is 2. The standard InChI is InChI=1S/C27H31ClN4O5/c28-21-7-8-23(37-15-17-12-29-16-30-13-17)25-20(21)9-11-32(22(25)14-31-10-3-6-24(31)33)26(34)18-4-1-2-5-19(18)27(35)36/h7-8,12-13,16,18-19,22H,1-6,9-11,14-15H2,(H,35,36)/t18-,19+,22?/m1/s1. The van der Waals surface area contributed by atoms with E-state index in [2.05, 4.69) is 9.97 Å². The quantitative estimate of drug-likeness (QED) is 0.586. The molecule has 1 aliphatic carbocycles. The van der Waals surface area contributed by atoms with E-state index in [1.54, 1.807) is 34.3 Å². The van der Waals surface area contributed by atoms with E-state index in [0.29, 0.717) is 56.1 Å². The number of halogens is 1. The fraction of sp³-hybridized carbons (Fsp3) is 0.519. The molecule has 3 heterocycles. The average Bonchev–Trinajstić information content (AvgIpc) is 3.32. The third-order valence-corrected chi connectivity index (χ3v) is 8.18. The highest BCUT2D eigenvalue weighted by Crippen LogP contribution is 2.43. The summed E-state index contributed by atoms with van der Waals surface area (Å²) in [6.07, 6.45) is 9.32. The summed E-state index contributed by atoms with van der Waals surface area (Å²) in [5.74, 6) is -1.68. The highest BCUT2D eigenvalue weighted by molar-refractivity contribution is 6.31. The molecule has 1 N–H and O–H groups in total. The second kappa shape index (κ2) is 11.0. The van der Waals surface area contributed by atoms with Crippen molar-refractivity contribution < 1.29 is 24.2 Å². The van der Waals surface area contributed by atoms with Crippen LogP contribution in [0.1, 0.15) is 61.3 Å². The van der Waals surface area contributed by atoms with Crippen LogP contribution < -0.4 is 4.74 Å². The van der Waals surface area contributed by atoms with Crippen molar-refractivity contribution in [1.29, 1.82) is 0 Å². The maximum absolute atomic E-state index is 14.0. The first-order valence-corrected chi connectivity index (χ1v) is 13.3. The second-order valence-electron chi connectivity index (χ2n) is 10.0. The van der Waals surface area contributed by atoms with Gasteiger partial charge in [-0.1, -0.05) is 24.4 Å². The van der Waals surface area contributed by atoms with E-state index in [0.717, 1.165) is 36.0 Å². The Bertz CT molecular complexity index is 1180. The predicted molar refractivity (Wildman–Crippen MR) is 135 cm³/mol. The molecule has 2 aromatic rings. The number of carboxylic acids is 1. The third-order valence-electron chi connectivity index (χ3n) is 7.83. The molecule has 5 rings (SSSR count). The number of nitrogens with zero attached hydrogens (tertiary/aromatic N) is 4. The summed E-state index contributed by atoms with van der Waals surface area (Å²) in [4.78, 5) is 50.3. The van der Waals surface area contributed by atoms with Crippen LogP contribution in [-0.4, -0.2) is 62.3 Å². The molecule has 37 heavy (non-hydrogen) atoms. The van der Waals surface area contributed by atoms with Crippen molar-refractivity contribution in [3.8, 4) is 5.75 Å². The summed E-state index contributed by atoms with van der Waals surface area (Å²) < 4.78 is 6.23. The Morgan fingerprint density at radius 2 is 1.81 bits per heavy atom. The van der Waals surface area contributed by atoms with Crippen LogP contribution in [0, 0.1) is 11.8 Å². The van der Waals surface area contributed by atoms with Gasteiger partial charge in [-0.05, 0) is 43.4 Å². The molecule has 1 saturated carbocycles. The normalized spacial score (nSPS) is 23.6. The van der Waals surface area contributed by atoms with Crippen LogP contribution in [0.2, 0.25) is 5.02 Å². The van der Waals surface area contributed by atoms with Gasteiger partial charge in [-0.15, -0.1) is 0 Å². The Labute approximate surface area is 220 Å². The van der Waals surface area contributed by atoms with Gasteiger partial charge in [0.15, 0.2) is 0 Å². The van der Waals surface area contributed by atoms with Crippen LogP contribution in [0.5, 0.6) is 5.75 Å². The number of ether oxygens (including phenoxy) is 1. The Kier molecular flexibility index (Phi) is 7.60. The van der Waals surface area contributed by atoms with Gasteiger partial charge in [-0.3, -0.25) is 14.4 Å². The molecule has 3 atom stereocenters. The molecule has 0 spiro atoms. The average molecular weight is 527 g/mol. The lowest BCUT2D eigenvalue weighted by Gasteiger charge is -2.43. The predicted octanol–water partition coefficient (Wildman–Crippen LogP) is 3.65. The minimum Gasteiger partial charge on any atom is -0.488 e. The number of rotatable bonds is 7. The van der Waals surface area contributed by atoms with Gasteiger partial charge in [0.2, 0.25) is 11.8 Å². The minimum atomic E-state index is -0.918. The van der Waals surface area contributed by atoms with Crippen LogP contribution >= 0.6 is 11.6 Å². The summed E-state index contributed by atoms with van der Waals surface area (Å²) in [7, 11) is 0. The van der Waals surface area contributed by atoms with E-state index in [1.165, 1.54) is 6.33 Å². The number of hydrogen-bond donors (Lipinski definition) is 1. The second-order valence-corrected chi connectivity index (χ2v) is 10.5. The number of aliphatic carboxylic acids is 1. The molecular weight excluding hydrogens is 496 g/mol. The first kappa shape index (κ1) is 25.4. The first-order chi connectivity index (χ1) is 17.9. The van der Waals surface area contributed by atoms with Gasteiger partial charge in [-0.25, -0.2) is 9.97 Å². The summed E-state index contributed by atoms with van der Waals surface area (Å²) in [5, 5.41) is 10.4. The highest BCUT2D eigenvalue weighted by atomic mass is 35.5. The number of carbonyl (C=O) groups is 3. The van der Waals surface area contributed by atoms with Gasteiger partial charge in [0.1, 0.15) is 18.7 Å². The number of likely N-dealkylation sites (tertiary alicyclic amines) is 1. The maximum Gasteiger partial charge on any atom is 0.307 e. The monoisotopic (exact) mass is 526 g/mol. The lowest BCUT2D eigenvalue weighted by Crippen LogP contribution is -2.50. The number of fused-ring (bicyclic) bond motifs is 1. The molecule has 3 aliphatic rings. The topological polar surface area (TPSA) is 113 Å².